The molecule has 1 aliphatic rings. The van der Waals surface area contributed by atoms with Crippen molar-refractivity contribution in [1.82, 2.24) is 10.2 Å². The van der Waals surface area contributed by atoms with Crippen molar-refractivity contribution in [3.8, 4) is 0 Å². The van der Waals surface area contributed by atoms with E-state index in [-0.39, 0.29) is 6.03 Å². The quantitative estimate of drug-likeness (QED) is 0.679. The largest absolute Gasteiger partial charge is 0.338 e. The summed E-state index contributed by atoms with van der Waals surface area (Å²) in [5.41, 5.74) is 5.41. The first kappa shape index (κ1) is 13.3. The second-order valence-corrected chi connectivity index (χ2v) is 4.62. The Bertz CT molecular complexity index is 208. The minimum absolute atomic E-state index is 0.115. The van der Waals surface area contributed by atoms with Crippen molar-refractivity contribution < 1.29 is 4.79 Å². The highest BCUT2D eigenvalue weighted by atomic mass is 16.2. The van der Waals surface area contributed by atoms with Gasteiger partial charge in [0.15, 0.2) is 0 Å². The molecule has 0 saturated carbocycles. The van der Waals surface area contributed by atoms with Crippen LogP contribution in [0.1, 0.15) is 45.4 Å². The minimum atomic E-state index is 0.115. The molecule has 0 bridgehead atoms. The number of amides is 2. The lowest BCUT2D eigenvalue weighted by Gasteiger charge is -2.21. The average Bonchev–Trinajstić information content (AvgIpc) is 2.69. The van der Waals surface area contributed by atoms with E-state index in [1.807, 2.05) is 4.90 Å². The number of carbonyl (C=O) groups is 1. The highest BCUT2D eigenvalue weighted by Gasteiger charge is 2.24. The summed E-state index contributed by atoms with van der Waals surface area (Å²) in [5, 5.41) is 2.99. The van der Waals surface area contributed by atoms with Gasteiger partial charge in [-0.2, -0.15) is 0 Å². The fourth-order valence-corrected chi connectivity index (χ4v) is 2.15. The van der Waals surface area contributed by atoms with E-state index in [9.17, 15) is 4.79 Å². The third-order valence-corrected chi connectivity index (χ3v) is 3.22. The third-order valence-electron chi connectivity index (χ3n) is 3.22. The summed E-state index contributed by atoms with van der Waals surface area (Å²) < 4.78 is 0. The molecule has 0 unspecified atom stereocenters. The van der Waals surface area contributed by atoms with E-state index in [0.717, 1.165) is 51.7 Å². The second kappa shape index (κ2) is 7.49. The fraction of sp³-hybridized carbons (Fsp3) is 0.917. The Balaban J connectivity index is 2.02. The number of hydrogen-bond acceptors (Lipinski definition) is 2. The van der Waals surface area contributed by atoms with Crippen LogP contribution in [0.3, 0.4) is 0 Å². The Labute approximate surface area is 98.6 Å². The predicted molar refractivity (Wildman–Crippen MR) is 66.3 cm³/mol. The highest BCUT2D eigenvalue weighted by molar-refractivity contribution is 5.74. The lowest BCUT2D eigenvalue weighted by atomic mass is 10.2. The summed E-state index contributed by atoms with van der Waals surface area (Å²) in [6.45, 7) is 4.61. The van der Waals surface area contributed by atoms with Crippen molar-refractivity contribution >= 4 is 6.03 Å². The van der Waals surface area contributed by atoms with Crippen molar-refractivity contribution in [2.75, 3.05) is 19.6 Å². The number of nitrogens with zero attached hydrogens (tertiary/aromatic N) is 1. The topological polar surface area (TPSA) is 58.4 Å². The number of likely N-dealkylation sites (tertiary alicyclic amines) is 1. The van der Waals surface area contributed by atoms with E-state index in [2.05, 4.69) is 12.2 Å². The van der Waals surface area contributed by atoms with E-state index in [1.165, 1.54) is 6.42 Å². The van der Waals surface area contributed by atoms with Crippen molar-refractivity contribution in [1.29, 1.82) is 0 Å². The summed E-state index contributed by atoms with van der Waals surface area (Å²) in [7, 11) is 0. The zero-order chi connectivity index (χ0) is 11.8. The molecular formula is C12H25N3O. The first-order valence-corrected chi connectivity index (χ1v) is 6.50. The molecule has 0 spiro atoms. The summed E-state index contributed by atoms with van der Waals surface area (Å²) in [4.78, 5) is 13.7. The highest BCUT2D eigenvalue weighted by Crippen LogP contribution is 2.15. The molecule has 1 heterocycles. The van der Waals surface area contributed by atoms with E-state index in [4.69, 9.17) is 5.73 Å². The molecule has 94 valence electrons. The van der Waals surface area contributed by atoms with Crippen LogP contribution in [0, 0.1) is 0 Å². The van der Waals surface area contributed by atoms with Crippen LogP contribution in [0.4, 0.5) is 4.79 Å². The number of nitrogens with two attached hydrogens (primary N) is 1. The van der Waals surface area contributed by atoms with E-state index in [0.29, 0.717) is 6.04 Å². The molecule has 16 heavy (non-hydrogen) atoms. The standard InChI is InChI=1S/C12H25N3O/c1-11-7-6-10-15(11)12(16)14-9-5-3-2-4-8-13/h11H,2-10,13H2,1H3,(H,14,16)/t11-/m1/s1. The van der Waals surface area contributed by atoms with Gasteiger partial charge in [-0.05, 0) is 39.2 Å². The van der Waals surface area contributed by atoms with Gasteiger partial charge in [0.2, 0.25) is 0 Å². The Morgan fingerprint density at radius 3 is 2.75 bits per heavy atom. The molecule has 0 aromatic rings. The summed E-state index contributed by atoms with van der Waals surface area (Å²) in [6.07, 6.45) is 6.78. The first-order valence-electron chi connectivity index (χ1n) is 6.50. The van der Waals surface area contributed by atoms with Crippen molar-refractivity contribution in [3.63, 3.8) is 0 Å². The van der Waals surface area contributed by atoms with Crippen molar-refractivity contribution in [2.45, 2.75) is 51.5 Å². The molecule has 0 aromatic heterocycles. The number of nitrogens with one attached hydrogen (secondary N) is 1. The smallest absolute Gasteiger partial charge is 0.317 e. The maximum Gasteiger partial charge on any atom is 0.317 e. The minimum Gasteiger partial charge on any atom is -0.338 e. The second-order valence-electron chi connectivity index (χ2n) is 4.62. The van der Waals surface area contributed by atoms with E-state index in [1.54, 1.807) is 0 Å². The Morgan fingerprint density at radius 2 is 2.12 bits per heavy atom. The predicted octanol–water partition coefficient (Wildman–Crippen LogP) is 1.70. The van der Waals surface area contributed by atoms with Gasteiger partial charge in [0.25, 0.3) is 0 Å². The lowest BCUT2D eigenvalue weighted by molar-refractivity contribution is 0.196. The summed E-state index contributed by atoms with van der Waals surface area (Å²) >= 11 is 0. The zero-order valence-electron chi connectivity index (χ0n) is 10.4. The molecule has 1 rings (SSSR count). The van der Waals surface area contributed by atoms with Gasteiger partial charge >= 0.3 is 6.03 Å². The number of carbonyl (C=O) groups excluding carboxylic acids is 1. The van der Waals surface area contributed by atoms with Gasteiger partial charge in [0, 0.05) is 19.1 Å². The Kier molecular flexibility index (Phi) is 6.23. The molecule has 2 amide bonds. The molecule has 0 radical (unpaired) electrons. The van der Waals surface area contributed by atoms with Crippen LogP contribution >= 0.6 is 0 Å². The SMILES string of the molecule is C[C@@H]1CCCN1C(=O)NCCCCCCN. The molecule has 4 nitrogen and oxygen atoms in total. The van der Waals surface area contributed by atoms with Gasteiger partial charge in [-0.3, -0.25) is 0 Å². The number of urea groups is 1. The van der Waals surface area contributed by atoms with Crippen LogP contribution in [0.25, 0.3) is 0 Å². The van der Waals surface area contributed by atoms with Gasteiger partial charge in [-0.15, -0.1) is 0 Å². The van der Waals surface area contributed by atoms with Crippen LogP contribution in [-0.2, 0) is 0 Å². The van der Waals surface area contributed by atoms with Gasteiger partial charge in [-0.1, -0.05) is 12.8 Å². The number of rotatable bonds is 6. The normalized spacial score (nSPS) is 20.1. The molecule has 1 aliphatic heterocycles. The van der Waals surface area contributed by atoms with Crippen LogP contribution in [-0.4, -0.2) is 36.6 Å². The Hall–Kier alpha value is -0.770. The maximum absolute atomic E-state index is 11.7. The average molecular weight is 227 g/mol. The van der Waals surface area contributed by atoms with Crippen LogP contribution in [0.15, 0.2) is 0 Å². The van der Waals surface area contributed by atoms with Crippen LogP contribution < -0.4 is 11.1 Å². The molecule has 3 N–H and O–H groups in total. The molecule has 4 heteroatoms. The zero-order valence-corrected chi connectivity index (χ0v) is 10.4. The van der Waals surface area contributed by atoms with Gasteiger partial charge < -0.3 is 16.0 Å². The van der Waals surface area contributed by atoms with E-state index >= 15 is 0 Å². The van der Waals surface area contributed by atoms with Crippen molar-refractivity contribution in [3.05, 3.63) is 0 Å². The summed E-state index contributed by atoms with van der Waals surface area (Å²) in [6, 6.07) is 0.529. The number of unbranched alkanes of at least 4 members (excludes halogenated alkanes) is 3. The van der Waals surface area contributed by atoms with Gasteiger partial charge in [-0.25, -0.2) is 4.79 Å². The summed E-state index contributed by atoms with van der Waals surface area (Å²) in [5.74, 6) is 0. The Morgan fingerprint density at radius 1 is 1.38 bits per heavy atom. The maximum atomic E-state index is 11.7. The molecule has 1 saturated heterocycles. The van der Waals surface area contributed by atoms with E-state index < -0.39 is 0 Å². The van der Waals surface area contributed by atoms with Crippen LogP contribution in [0.2, 0.25) is 0 Å². The molecule has 1 atom stereocenters. The van der Waals surface area contributed by atoms with Crippen LogP contribution in [0.5, 0.6) is 0 Å². The molecule has 1 fully saturated rings. The molecular weight excluding hydrogens is 202 g/mol. The van der Waals surface area contributed by atoms with Gasteiger partial charge in [0.1, 0.15) is 0 Å². The van der Waals surface area contributed by atoms with Gasteiger partial charge in [0.05, 0.1) is 0 Å². The third kappa shape index (κ3) is 4.39. The monoisotopic (exact) mass is 227 g/mol. The van der Waals surface area contributed by atoms with Crippen molar-refractivity contribution in [2.24, 2.45) is 5.73 Å². The molecule has 0 aromatic carbocycles. The molecule has 0 aliphatic carbocycles. The fourth-order valence-electron chi connectivity index (χ4n) is 2.15. The number of hydrogen-bond donors (Lipinski definition) is 2. The lowest BCUT2D eigenvalue weighted by Crippen LogP contribution is -2.42. The first-order chi connectivity index (χ1) is 7.75.